The molecule has 0 saturated heterocycles. The van der Waals surface area contributed by atoms with Crippen LogP contribution >= 0.6 is 11.6 Å². The van der Waals surface area contributed by atoms with E-state index < -0.39 is 31.7 Å². The highest BCUT2D eigenvalue weighted by Crippen LogP contribution is 2.35. The van der Waals surface area contributed by atoms with E-state index in [1.165, 1.54) is 0 Å². The summed E-state index contributed by atoms with van der Waals surface area (Å²) in [4.78, 5) is 10.9. The van der Waals surface area contributed by atoms with Crippen molar-refractivity contribution in [2.24, 2.45) is 5.92 Å². The Balaban J connectivity index is 2.74. The van der Waals surface area contributed by atoms with Gasteiger partial charge in [-0.3, -0.25) is 4.79 Å². The molecule has 0 aliphatic carbocycles. The predicted octanol–water partition coefficient (Wildman–Crippen LogP) is 2.80. The first-order chi connectivity index (χ1) is 10.9. The zero-order valence-electron chi connectivity index (χ0n) is 13.1. The van der Waals surface area contributed by atoms with Crippen LogP contribution in [-0.2, 0) is 21.0 Å². The van der Waals surface area contributed by atoms with Crippen molar-refractivity contribution in [3.8, 4) is 0 Å². The van der Waals surface area contributed by atoms with Crippen LogP contribution in [0.5, 0.6) is 0 Å². The molecule has 0 bridgehead atoms. The van der Waals surface area contributed by atoms with Crippen molar-refractivity contribution in [2.45, 2.75) is 31.3 Å². The van der Waals surface area contributed by atoms with Crippen LogP contribution in [0.1, 0.15) is 25.8 Å². The fourth-order valence-corrected chi connectivity index (χ4v) is 2.96. The maximum Gasteiger partial charge on any atom is 0.417 e. The molecule has 0 aliphatic heterocycles. The molecule has 0 atom stereocenters. The van der Waals surface area contributed by atoms with Gasteiger partial charge in [-0.25, -0.2) is 13.1 Å². The predicted molar refractivity (Wildman–Crippen MR) is 84.1 cm³/mol. The highest BCUT2D eigenvalue weighted by Gasteiger charge is 2.34. The van der Waals surface area contributed by atoms with Crippen LogP contribution in [0, 0.1) is 5.92 Å². The van der Waals surface area contributed by atoms with Gasteiger partial charge in [-0.15, -0.1) is 0 Å². The zero-order valence-corrected chi connectivity index (χ0v) is 14.6. The number of alkyl halides is 3. The standard InChI is InChI=1S/C14H18ClF3N2O3S/c1-9(2)8-19-13(21)5-6-20-24(22,23)10-3-4-12(15)11(7-10)14(16,17)18/h3-4,7,9,20H,5-6,8H2,1-2H3,(H,19,21). The van der Waals surface area contributed by atoms with Crippen molar-refractivity contribution < 1.29 is 26.4 Å². The first-order valence-corrected chi connectivity index (χ1v) is 8.92. The SMILES string of the molecule is CC(C)CNC(=O)CCNS(=O)(=O)c1ccc(Cl)c(C(F)(F)F)c1. The normalized spacial score (nSPS) is 12.5. The van der Waals surface area contributed by atoms with Gasteiger partial charge in [0.05, 0.1) is 15.5 Å². The van der Waals surface area contributed by atoms with Gasteiger partial charge < -0.3 is 5.32 Å². The lowest BCUT2D eigenvalue weighted by molar-refractivity contribution is -0.137. The zero-order chi connectivity index (χ0) is 18.5. The fourth-order valence-electron chi connectivity index (χ4n) is 1.68. The number of benzene rings is 1. The summed E-state index contributed by atoms with van der Waals surface area (Å²) in [6, 6.07) is 2.30. The molecule has 0 saturated carbocycles. The Morgan fingerprint density at radius 3 is 2.46 bits per heavy atom. The van der Waals surface area contributed by atoms with E-state index in [-0.39, 0.29) is 24.8 Å². The second-order valence-electron chi connectivity index (χ2n) is 5.49. The smallest absolute Gasteiger partial charge is 0.356 e. The van der Waals surface area contributed by atoms with E-state index in [4.69, 9.17) is 11.6 Å². The third kappa shape index (κ3) is 6.29. The van der Waals surface area contributed by atoms with Gasteiger partial charge in [0.25, 0.3) is 0 Å². The Hall–Kier alpha value is -1.32. The van der Waals surface area contributed by atoms with Gasteiger partial charge in [0.2, 0.25) is 15.9 Å². The molecule has 1 rings (SSSR count). The molecular formula is C14H18ClF3N2O3S. The lowest BCUT2D eigenvalue weighted by Gasteiger charge is -2.12. The molecular weight excluding hydrogens is 369 g/mol. The Morgan fingerprint density at radius 2 is 1.92 bits per heavy atom. The van der Waals surface area contributed by atoms with Crippen LogP contribution in [0.2, 0.25) is 5.02 Å². The molecule has 0 radical (unpaired) electrons. The summed E-state index contributed by atoms with van der Waals surface area (Å²) >= 11 is 5.45. The first kappa shape index (κ1) is 20.7. The molecule has 1 aromatic carbocycles. The van der Waals surface area contributed by atoms with E-state index >= 15 is 0 Å². The third-order valence-electron chi connectivity index (χ3n) is 2.91. The van der Waals surface area contributed by atoms with E-state index in [0.717, 1.165) is 12.1 Å². The molecule has 2 N–H and O–H groups in total. The van der Waals surface area contributed by atoms with E-state index in [9.17, 15) is 26.4 Å². The van der Waals surface area contributed by atoms with Crippen molar-refractivity contribution in [1.82, 2.24) is 10.0 Å². The average molecular weight is 387 g/mol. The number of hydrogen-bond donors (Lipinski definition) is 2. The third-order valence-corrected chi connectivity index (χ3v) is 4.69. The Bertz CT molecular complexity index is 691. The summed E-state index contributed by atoms with van der Waals surface area (Å²) in [5.74, 6) is -0.0982. The summed E-state index contributed by atoms with van der Waals surface area (Å²) in [7, 11) is -4.18. The molecule has 24 heavy (non-hydrogen) atoms. The summed E-state index contributed by atoms with van der Waals surface area (Å²) in [6.45, 7) is 4.04. The number of carbonyl (C=O) groups excluding carboxylic acids is 1. The molecule has 5 nitrogen and oxygen atoms in total. The quantitative estimate of drug-likeness (QED) is 0.756. The average Bonchev–Trinajstić information content (AvgIpc) is 2.43. The van der Waals surface area contributed by atoms with Crippen LogP contribution in [0.25, 0.3) is 0 Å². The Kier molecular flexibility index (Phi) is 7.06. The van der Waals surface area contributed by atoms with E-state index in [1.807, 2.05) is 13.8 Å². The molecule has 0 heterocycles. The van der Waals surface area contributed by atoms with Gasteiger partial charge in [-0.05, 0) is 24.1 Å². The van der Waals surface area contributed by atoms with Crippen LogP contribution in [0.4, 0.5) is 13.2 Å². The number of rotatable bonds is 7. The van der Waals surface area contributed by atoms with Gasteiger partial charge in [-0.2, -0.15) is 13.2 Å². The largest absolute Gasteiger partial charge is 0.417 e. The number of halogens is 4. The second kappa shape index (κ2) is 8.17. The summed E-state index contributed by atoms with van der Waals surface area (Å²) in [5, 5.41) is 2.02. The molecule has 0 aliphatic rings. The molecule has 0 unspecified atom stereocenters. The van der Waals surface area contributed by atoms with E-state index in [1.54, 1.807) is 0 Å². The molecule has 0 fully saturated rings. The molecule has 136 valence electrons. The molecule has 10 heteroatoms. The van der Waals surface area contributed by atoms with Gasteiger partial charge in [0, 0.05) is 19.5 Å². The number of hydrogen-bond acceptors (Lipinski definition) is 3. The van der Waals surface area contributed by atoms with Crippen LogP contribution < -0.4 is 10.0 Å². The maximum absolute atomic E-state index is 12.8. The van der Waals surface area contributed by atoms with Crippen molar-refractivity contribution in [2.75, 3.05) is 13.1 Å². The van der Waals surface area contributed by atoms with Crippen molar-refractivity contribution in [3.63, 3.8) is 0 Å². The lowest BCUT2D eigenvalue weighted by atomic mass is 10.2. The number of amides is 1. The van der Waals surface area contributed by atoms with Gasteiger partial charge in [-0.1, -0.05) is 25.4 Å². The second-order valence-corrected chi connectivity index (χ2v) is 7.66. The summed E-state index contributed by atoms with van der Waals surface area (Å²) in [6.07, 6.45) is -4.88. The van der Waals surface area contributed by atoms with Crippen molar-refractivity contribution in [1.29, 1.82) is 0 Å². The van der Waals surface area contributed by atoms with E-state index in [0.29, 0.717) is 12.6 Å². The molecule has 1 aromatic rings. The van der Waals surface area contributed by atoms with Gasteiger partial charge >= 0.3 is 6.18 Å². The fraction of sp³-hybridized carbons (Fsp3) is 0.500. The van der Waals surface area contributed by atoms with Crippen LogP contribution in [0.15, 0.2) is 23.1 Å². The highest BCUT2D eigenvalue weighted by molar-refractivity contribution is 7.89. The number of carbonyl (C=O) groups is 1. The van der Waals surface area contributed by atoms with Gasteiger partial charge in [0.15, 0.2) is 0 Å². The minimum atomic E-state index is -4.76. The van der Waals surface area contributed by atoms with Crippen LogP contribution in [0.3, 0.4) is 0 Å². The van der Waals surface area contributed by atoms with E-state index in [2.05, 4.69) is 10.0 Å². The lowest BCUT2D eigenvalue weighted by Crippen LogP contribution is -2.32. The van der Waals surface area contributed by atoms with Gasteiger partial charge in [0.1, 0.15) is 0 Å². The van der Waals surface area contributed by atoms with Crippen molar-refractivity contribution >= 4 is 27.5 Å². The Labute approximate surface area is 143 Å². The first-order valence-electron chi connectivity index (χ1n) is 7.06. The van der Waals surface area contributed by atoms with Crippen LogP contribution in [-0.4, -0.2) is 27.4 Å². The maximum atomic E-state index is 12.8. The number of sulfonamides is 1. The molecule has 0 spiro atoms. The molecule has 0 aromatic heterocycles. The summed E-state index contributed by atoms with van der Waals surface area (Å²) in [5.41, 5.74) is -1.23. The summed E-state index contributed by atoms with van der Waals surface area (Å²) < 4.78 is 64.4. The Morgan fingerprint density at radius 1 is 1.29 bits per heavy atom. The minimum Gasteiger partial charge on any atom is -0.356 e. The topological polar surface area (TPSA) is 75.3 Å². The molecule has 1 amide bonds. The number of nitrogens with one attached hydrogen (secondary N) is 2. The highest BCUT2D eigenvalue weighted by atomic mass is 35.5. The monoisotopic (exact) mass is 386 g/mol. The van der Waals surface area contributed by atoms with Crippen molar-refractivity contribution in [3.05, 3.63) is 28.8 Å². The minimum absolute atomic E-state index is 0.119.